The standard InChI is InChI=1S/C15H13BrN2OS/c1-3-12-9(2)17-15-18(14(12)19)13(8-20-15)10-4-6-11(16)7-5-10/h4-8H,3H2,1-2H3. The summed E-state index contributed by atoms with van der Waals surface area (Å²) in [6.07, 6.45) is 0.705. The Labute approximate surface area is 129 Å². The molecule has 0 unspecified atom stereocenters. The highest BCUT2D eigenvalue weighted by Gasteiger charge is 2.13. The summed E-state index contributed by atoms with van der Waals surface area (Å²) in [5.41, 5.74) is 3.61. The van der Waals surface area contributed by atoms with Crippen LogP contribution in [-0.2, 0) is 6.42 Å². The average molecular weight is 349 g/mol. The van der Waals surface area contributed by atoms with E-state index >= 15 is 0 Å². The maximum atomic E-state index is 12.6. The predicted octanol–water partition coefficient (Wildman–Crippen LogP) is 4.06. The van der Waals surface area contributed by atoms with Crippen molar-refractivity contribution < 1.29 is 0 Å². The van der Waals surface area contributed by atoms with E-state index in [1.807, 2.05) is 43.5 Å². The highest BCUT2D eigenvalue weighted by molar-refractivity contribution is 9.10. The van der Waals surface area contributed by atoms with Crippen LogP contribution in [0.15, 0.2) is 38.9 Å². The third-order valence-corrected chi connectivity index (χ3v) is 4.72. The number of aromatic nitrogens is 2. The Balaban J connectivity index is 2.33. The molecule has 2 aromatic heterocycles. The van der Waals surface area contributed by atoms with Gasteiger partial charge in [-0.2, -0.15) is 0 Å². The first kappa shape index (κ1) is 13.5. The summed E-state index contributed by atoms with van der Waals surface area (Å²) < 4.78 is 2.75. The van der Waals surface area contributed by atoms with Gasteiger partial charge >= 0.3 is 0 Å². The van der Waals surface area contributed by atoms with Crippen molar-refractivity contribution in [2.45, 2.75) is 20.3 Å². The first-order valence-corrected chi connectivity index (χ1v) is 8.04. The predicted molar refractivity (Wildman–Crippen MR) is 86.6 cm³/mol. The molecule has 0 radical (unpaired) electrons. The molecule has 2 heterocycles. The van der Waals surface area contributed by atoms with Gasteiger partial charge in [-0.3, -0.25) is 9.20 Å². The molecule has 3 aromatic rings. The van der Waals surface area contributed by atoms with Gasteiger partial charge in [0.2, 0.25) is 0 Å². The number of hydrogen-bond donors (Lipinski definition) is 0. The van der Waals surface area contributed by atoms with E-state index in [1.54, 1.807) is 4.40 Å². The first-order chi connectivity index (χ1) is 9.61. The van der Waals surface area contributed by atoms with Crippen molar-refractivity contribution in [3.05, 3.63) is 55.7 Å². The van der Waals surface area contributed by atoms with Gasteiger partial charge in [0.1, 0.15) is 0 Å². The Morgan fingerprint density at radius 1 is 1.30 bits per heavy atom. The topological polar surface area (TPSA) is 34.4 Å². The van der Waals surface area contributed by atoms with Crippen LogP contribution in [0.3, 0.4) is 0 Å². The molecule has 0 N–H and O–H groups in total. The van der Waals surface area contributed by atoms with Crippen LogP contribution in [0, 0.1) is 6.92 Å². The summed E-state index contributed by atoms with van der Waals surface area (Å²) >= 11 is 4.93. The quantitative estimate of drug-likeness (QED) is 0.699. The van der Waals surface area contributed by atoms with Crippen molar-refractivity contribution in [2.24, 2.45) is 0 Å². The van der Waals surface area contributed by atoms with Gasteiger partial charge in [0.15, 0.2) is 4.96 Å². The molecule has 0 aliphatic carbocycles. The van der Waals surface area contributed by atoms with E-state index in [0.29, 0.717) is 6.42 Å². The molecule has 0 atom stereocenters. The Morgan fingerprint density at radius 2 is 2.00 bits per heavy atom. The second kappa shape index (κ2) is 5.14. The largest absolute Gasteiger partial charge is 0.269 e. The maximum Gasteiger partial charge on any atom is 0.262 e. The monoisotopic (exact) mass is 348 g/mol. The molecule has 0 saturated carbocycles. The number of benzene rings is 1. The van der Waals surface area contributed by atoms with Gasteiger partial charge in [-0.05, 0) is 31.0 Å². The zero-order valence-corrected chi connectivity index (χ0v) is 13.6. The van der Waals surface area contributed by atoms with Crippen molar-refractivity contribution >= 4 is 32.2 Å². The Bertz CT molecular complexity index is 833. The number of hydrogen-bond acceptors (Lipinski definition) is 3. The van der Waals surface area contributed by atoms with Gasteiger partial charge in [-0.1, -0.05) is 35.0 Å². The van der Waals surface area contributed by atoms with Crippen LogP contribution in [0.25, 0.3) is 16.2 Å². The molecule has 102 valence electrons. The van der Waals surface area contributed by atoms with Crippen LogP contribution in [0.2, 0.25) is 0 Å². The Kier molecular flexibility index (Phi) is 3.48. The SMILES string of the molecule is CCc1c(C)nc2scc(-c3ccc(Br)cc3)n2c1=O. The summed E-state index contributed by atoms with van der Waals surface area (Å²) in [4.78, 5) is 17.9. The molecule has 0 amide bonds. The molecule has 5 heteroatoms. The normalized spacial score (nSPS) is 11.2. The van der Waals surface area contributed by atoms with Crippen LogP contribution < -0.4 is 5.56 Å². The third kappa shape index (κ3) is 2.11. The number of halogens is 1. The lowest BCUT2D eigenvalue weighted by Crippen LogP contribution is -2.20. The van der Waals surface area contributed by atoms with Gasteiger partial charge in [0.05, 0.1) is 5.69 Å². The van der Waals surface area contributed by atoms with Crippen LogP contribution in [-0.4, -0.2) is 9.38 Å². The molecule has 3 rings (SSSR count). The molecule has 0 bridgehead atoms. The van der Waals surface area contributed by atoms with Crippen LogP contribution in [0.1, 0.15) is 18.2 Å². The van der Waals surface area contributed by atoms with Crippen molar-refractivity contribution in [1.29, 1.82) is 0 Å². The van der Waals surface area contributed by atoms with Gasteiger partial charge in [0.25, 0.3) is 5.56 Å². The van der Waals surface area contributed by atoms with E-state index < -0.39 is 0 Å². The summed E-state index contributed by atoms with van der Waals surface area (Å²) in [7, 11) is 0. The van der Waals surface area contributed by atoms with Gasteiger partial charge in [0, 0.05) is 21.1 Å². The summed E-state index contributed by atoms with van der Waals surface area (Å²) in [6.45, 7) is 3.89. The Hall–Kier alpha value is -1.46. The fraction of sp³-hybridized carbons (Fsp3) is 0.200. The highest BCUT2D eigenvalue weighted by atomic mass is 79.9. The third-order valence-electron chi connectivity index (χ3n) is 3.36. The lowest BCUT2D eigenvalue weighted by Gasteiger charge is -2.05. The van der Waals surface area contributed by atoms with Crippen LogP contribution in [0.5, 0.6) is 0 Å². The van der Waals surface area contributed by atoms with E-state index in [-0.39, 0.29) is 5.56 Å². The van der Waals surface area contributed by atoms with Crippen molar-refractivity contribution in [3.63, 3.8) is 0 Å². The molecule has 0 aliphatic heterocycles. The lowest BCUT2D eigenvalue weighted by molar-refractivity contribution is 0.955. The average Bonchev–Trinajstić information content (AvgIpc) is 2.84. The molecule has 0 fully saturated rings. The smallest absolute Gasteiger partial charge is 0.262 e. The minimum atomic E-state index is 0.0502. The summed E-state index contributed by atoms with van der Waals surface area (Å²) in [5, 5.41) is 1.99. The first-order valence-electron chi connectivity index (χ1n) is 6.37. The second-order valence-corrected chi connectivity index (χ2v) is 6.33. The zero-order chi connectivity index (χ0) is 14.3. The Morgan fingerprint density at radius 3 is 2.65 bits per heavy atom. The highest BCUT2D eigenvalue weighted by Crippen LogP contribution is 2.25. The number of thiazole rings is 1. The molecule has 0 aliphatic rings. The zero-order valence-electron chi connectivity index (χ0n) is 11.2. The van der Waals surface area contributed by atoms with Gasteiger partial charge in [-0.25, -0.2) is 4.98 Å². The molecule has 1 aromatic carbocycles. The van der Waals surface area contributed by atoms with E-state index in [2.05, 4.69) is 20.9 Å². The van der Waals surface area contributed by atoms with Crippen LogP contribution in [0.4, 0.5) is 0 Å². The van der Waals surface area contributed by atoms with E-state index in [9.17, 15) is 4.79 Å². The maximum absolute atomic E-state index is 12.6. The van der Waals surface area contributed by atoms with Crippen LogP contribution >= 0.6 is 27.3 Å². The van der Waals surface area contributed by atoms with Crippen molar-refractivity contribution in [3.8, 4) is 11.3 Å². The molecular weight excluding hydrogens is 336 g/mol. The van der Waals surface area contributed by atoms with E-state index in [1.165, 1.54) is 11.3 Å². The molecular formula is C15H13BrN2OS. The number of aryl methyl sites for hydroxylation is 1. The minimum Gasteiger partial charge on any atom is -0.269 e. The van der Waals surface area contributed by atoms with E-state index in [0.717, 1.165) is 31.9 Å². The summed E-state index contributed by atoms with van der Waals surface area (Å²) in [5.74, 6) is 0. The minimum absolute atomic E-state index is 0.0502. The van der Waals surface area contributed by atoms with Crippen molar-refractivity contribution in [1.82, 2.24) is 9.38 Å². The number of rotatable bonds is 2. The molecule has 0 spiro atoms. The van der Waals surface area contributed by atoms with Crippen molar-refractivity contribution in [2.75, 3.05) is 0 Å². The fourth-order valence-electron chi connectivity index (χ4n) is 2.32. The second-order valence-electron chi connectivity index (χ2n) is 4.58. The molecule has 20 heavy (non-hydrogen) atoms. The van der Waals surface area contributed by atoms with Gasteiger partial charge in [-0.15, -0.1) is 11.3 Å². The lowest BCUT2D eigenvalue weighted by atomic mass is 10.1. The van der Waals surface area contributed by atoms with Gasteiger partial charge < -0.3 is 0 Å². The number of nitrogens with zero attached hydrogens (tertiary/aromatic N) is 2. The summed E-state index contributed by atoms with van der Waals surface area (Å²) in [6, 6.07) is 7.96. The fourth-order valence-corrected chi connectivity index (χ4v) is 3.51. The molecule has 3 nitrogen and oxygen atoms in total. The number of fused-ring (bicyclic) bond motifs is 1. The van der Waals surface area contributed by atoms with E-state index in [4.69, 9.17) is 0 Å². The molecule has 0 saturated heterocycles.